The van der Waals surface area contributed by atoms with Gasteiger partial charge in [-0.05, 0) is 42.3 Å². The van der Waals surface area contributed by atoms with E-state index in [0.29, 0.717) is 21.3 Å². The number of benzene rings is 2. The van der Waals surface area contributed by atoms with Crippen molar-refractivity contribution in [2.24, 2.45) is 5.10 Å². The second kappa shape index (κ2) is 7.76. The monoisotopic (exact) mass is 349 g/mol. The molecule has 7 heteroatoms. The van der Waals surface area contributed by atoms with Crippen molar-refractivity contribution >= 4 is 46.9 Å². The largest absolute Gasteiger partial charge is 0.329 e. The van der Waals surface area contributed by atoms with Gasteiger partial charge in [-0.2, -0.15) is 5.10 Å². The zero-order valence-corrected chi connectivity index (χ0v) is 13.7. The summed E-state index contributed by atoms with van der Waals surface area (Å²) in [5.41, 5.74) is 4.14. The van der Waals surface area contributed by atoms with Crippen molar-refractivity contribution in [3.63, 3.8) is 0 Å². The Balaban J connectivity index is 1.92. The molecule has 0 fully saturated rings. The Labute approximate surface area is 143 Å². The third-order valence-corrected chi connectivity index (χ3v) is 3.51. The lowest BCUT2D eigenvalue weighted by atomic mass is 10.2. The normalized spacial score (nSPS) is 10.6. The van der Waals surface area contributed by atoms with Gasteiger partial charge in [-0.1, -0.05) is 41.4 Å². The van der Waals surface area contributed by atoms with Crippen LogP contribution < -0.4 is 10.7 Å². The summed E-state index contributed by atoms with van der Waals surface area (Å²) in [5, 5.41) is 7.20. The molecule has 5 nitrogen and oxygen atoms in total. The van der Waals surface area contributed by atoms with Crippen molar-refractivity contribution in [2.75, 3.05) is 5.32 Å². The van der Waals surface area contributed by atoms with Crippen LogP contribution in [-0.2, 0) is 9.59 Å². The molecule has 0 aliphatic rings. The molecule has 2 aromatic carbocycles. The van der Waals surface area contributed by atoms with Gasteiger partial charge in [-0.25, -0.2) is 5.43 Å². The number of aryl methyl sites for hydroxylation is 1. The Hall–Kier alpha value is -2.37. The highest BCUT2D eigenvalue weighted by Gasteiger charge is 2.13. The van der Waals surface area contributed by atoms with Gasteiger partial charge in [0.05, 0.1) is 6.21 Å². The molecule has 0 bridgehead atoms. The summed E-state index contributed by atoms with van der Waals surface area (Å²) >= 11 is 11.8. The average Bonchev–Trinajstić information content (AvgIpc) is 2.51. The van der Waals surface area contributed by atoms with Crippen LogP contribution in [0, 0.1) is 6.92 Å². The molecule has 23 heavy (non-hydrogen) atoms. The third kappa shape index (κ3) is 5.09. The fourth-order valence-electron chi connectivity index (χ4n) is 1.66. The van der Waals surface area contributed by atoms with Crippen molar-refractivity contribution in [1.82, 2.24) is 5.43 Å². The van der Waals surface area contributed by atoms with Crippen LogP contribution >= 0.6 is 23.2 Å². The SMILES string of the molecule is Cc1ccc(NC(=O)C(=O)N/N=C\c2cccc(Cl)c2)cc1Cl. The lowest BCUT2D eigenvalue weighted by Gasteiger charge is -2.05. The molecule has 0 spiro atoms. The van der Waals surface area contributed by atoms with Crippen LogP contribution in [0.4, 0.5) is 5.69 Å². The first-order valence-corrected chi connectivity index (χ1v) is 7.37. The topological polar surface area (TPSA) is 70.6 Å². The second-order valence-electron chi connectivity index (χ2n) is 4.67. The number of nitrogens with one attached hydrogen (secondary N) is 2. The number of nitrogens with zero attached hydrogens (tertiary/aromatic N) is 1. The summed E-state index contributed by atoms with van der Waals surface area (Å²) in [7, 11) is 0. The number of carbonyl (C=O) groups is 2. The molecular formula is C16H13Cl2N3O2. The summed E-state index contributed by atoms with van der Waals surface area (Å²) in [6, 6.07) is 11.9. The lowest BCUT2D eigenvalue weighted by molar-refractivity contribution is -0.136. The number of hydrogen-bond donors (Lipinski definition) is 2. The standard InChI is InChI=1S/C16H13Cl2N3O2/c1-10-5-6-13(8-14(10)18)20-15(22)16(23)21-19-9-11-3-2-4-12(17)7-11/h2-9H,1H3,(H,20,22)(H,21,23)/b19-9-. The minimum absolute atomic E-state index is 0.430. The van der Waals surface area contributed by atoms with E-state index >= 15 is 0 Å². The molecule has 0 atom stereocenters. The van der Waals surface area contributed by atoms with Gasteiger partial charge in [0, 0.05) is 15.7 Å². The highest BCUT2D eigenvalue weighted by Crippen LogP contribution is 2.19. The van der Waals surface area contributed by atoms with Crippen LogP contribution in [-0.4, -0.2) is 18.0 Å². The van der Waals surface area contributed by atoms with Crippen LogP contribution in [0.2, 0.25) is 10.0 Å². The van der Waals surface area contributed by atoms with Crippen LogP contribution in [0.15, 0.2) is 47.6 Å². The maximum absolute atomic E-state index is 11.7. The molecule has 0 unspecified atom stereocenters. The van der Waals surface area contributed by atoms with Crippen molar-refractivity contribution in [1.29, 1.82) is 0 Å². The molecule has 118 valence electrons. The Morgan fingerprint density at radius 1 is 1.09 bits per heavy atom. The van der Waals surface area contributed by atoms with Gasteiger partial charge >= 0.3 is 11.8 Å². The smallest absolute Gasteiger partial charge is 0.318 e. The van der Waals surface area contributed by atoms with E-state index in [1.807, 2.05) is 6.92 Å². The highest BCUT2D eigenvalue weighted by molar-refractivity contribution is 6.40. The molecule has 0 saturated carbocycles. The first-order valence-electron chi connectivity index (χ1n) is 6.62. The lowest BCUT2D eigenvalue weighted by Crippen LogP contribution is -2.32. The minimum Gasteiger partial charge on any atom is -0.318 e. The van der Waals surface area contributed by atoms with E-state index in [1.54, 1.807) is 42.5 Å². The van der Waals surface area contributed by atoms with Gasteiger partial charge in [0.25, 0.3) is 0 Å². The molecule has 2 rings (SSSR count). The molecule has 0 aliphatic carbocycles. The maximum atomic E-state index is 11.7. The summed E-state index contributed by atoms with van der Waals surface area (Å²) in [6.07, 6.45) is 1.39. The van der Waals surface area contributed by atoms with Gasteiger partial charge < -0.3 is 5.32 Å². The van der Waals surface area contributed by atoms with Crippen molar-refractivity contribution in [2.45, 2.75) is 6.92 Å². The molecule has 0 saturated heterocycles. The van der Waals surface area contributed by atoms with Crippen LogP contribution in [0.1, 0.15) is 11.1 Å². The number of halogens is 2. The number of hydrazone groups is 1. The van der Waals surface area contributed by atoms with Crippen molar-refractivity contribution in [3.8, 4) is 0 Å². The molecule has 0 aliphatic heterocycles. The molecule has 2 N–H and O–H groups in total. The van der Waals surface area contributed by atoms with E-state index in [-0.39, 0.29) is 0 Å². The zero-order valence-electron chi connectivity index (χ0n) is 12.1. The zero-order chi connectivity index (χ0) is 16.8. The summed E-state index contributed by atoms with van der Waals surface area (Å²) < 4.78 is 0. The number of anilines is 1. The Kier molecular flexibility index (Phi) is 5.73. The predicted octanol–water partition coefficient (Wildman–Crippen LogP) is 3.39. The first kappa shape index (κ1) is 17.0. The number of carbonyl (C=O) groups excluding carboxylic acids is 2. The summed E-state index contributed by atoms with van der Waals surface area (Å²) in [4.78, 5) is 23.4. The molecular weight excluding hydrogens is 337 g/mol. The molecule has 0 radical (unpaired) electrons. The Morgan fingerprint density at radius 2 is 1.87 bits per heavy atom. The fraction of sp³-hybridized carbons (Fsp3) is 0.0625. The Morgan fingerprint density at radius 3 is 2.57 bits per heavy atom. The van der Waals surface area contributed by atoms with Crippen LogP contribution in [0.5, 0.6) is 0 Å². The van der Waals surface area contributed by atoms with Crippen molar-refractivity contribution in [3.05, 3.63) is 63.6 Å². The van der Waals surface area contributed by atoms with Gasteiger partial charge in [0.1, 0.15) is 0 Å². The maximum Gasteiger partial charge on any atom is 0.329 e. The quantitative estimate of drug-likeness (QED) is 0.506. The molecule has 0 aromatic heterocycles. The average molecular weight is 350 g/mol. The van der Waals surface area contributed by atoms with Crippen LogP contribution in [0.3, 0.4) is 0 Å². The molecule has 0 heterocycles. The van der Waals surface area contributed by atoms with E-state index in [0.717, 1.165) is 5.56 Å². The van der Waals surface area contributed by atoms with Crippen LogP contribution in [0.25, 0.3) is 0 Å². The van der Waals surface area contributed by atoms with Gasteiger partial charge in [-0.15, -0.1) is 0 Å². The molecule has 2 amide bonds. The summed E-state index contributed by atoms with van der Waals surface area (Å²) in [6.45, 7) is 1.84. The van der Waals surface area contributed by atoms with E-state index in [4.69, 9.17) is 23.2 Å². The van der Waals surface area contributed by atoms with E-state index in [1.165, 1.54) is 6.21 Å². The van der Waals surface area contributed by atoms with Gasteiger partial charge in [0.15, 0.2) is 0 Å². The van der Waals surface area contributed by atoms with E-state index in [9.17, 15) is 9.59 Å². The summed E-state index contributed by atoms with van der Waals surface area (Å²) in [5.74, 6) is -1.73. The van der Waals surface area contributed by atoms with E-state index in [2.05, 4.69) is 15.8 Å². The van der Waals surface area contributed by atoms with Gasteiger partial charge in [0.2, 0.25) is 0 Å². The number of hydrogen-bond acceptors (Lipinski definition) is 3. The predicted molar refractivity (Wildman–Crippen MR) is 92.0 cm³/mol. The fourth-order valence-corrected chi connectivity index (χ4v) is 2.04. The highest BCUT2D eigenvalue weighted by atomic mass is 35.5. The van der Waals surface area contributed by atoms with Gasteiger partial charge in [-0.3, -0.25) is 9.59 Å². The third-order valence-electron chi connectivity index (χ3n) is 2.86. The number of amides is 2. The van der Waals surface area contributed by atoms with Crippen molar-refractivity contribution < 1.29 is 9.59 Å². The number of rotatable bonds is 3. The second-order valence-corrected chi connectivity index (χ2v) is 5.52. The molecule has 2 aromatic rings. The minimum atomic E-state index is -0.889. The van der Waals surface area contributed by atoms with E-state index < -0.39 is 11.8 Å². The first-order chi connectivity index (χ1) is 11.0. The Bertz CT molecular complexity index is 776.